The number of phenolic OH excluding ortho intramolecular Hbond substituents is 2. The molecule has 0 saturated carbocycles. The second kappa shape index (κ2) is 6.19. The van der Waals surface area contributed by atoms with Gasteiger partial charge in [-0.2, -0.15) is 0 Å². The van der Waals surface area contributed by atoms with Gasteiger partial charge in [-0.3, -0.25) is 0 Å². The first kappa shape index (κ1) is 15.8. The number of aromatic hydroxyl groups is 2. The predicted molar refractivity (Wildman–Crippen MR) is 92.6 cm³/mol. The molecule has 6 heteroatoms. The topological polar surface area (TPSA) is 40.5 Å². The van der Waals surface area contributed by atoms with Crippen LogP contribution in [0.25, 0.3) is 20.0 Å². The Morgan fingerprint density at radius 3 is 1.82 bits per heavy atom. The summed E-state index contributed by atoms with van der Waals surface area (Å²) in [5.74, 6) is 0.104. The summed E-state index contributed by atoms with van der Waals surface area (Å²) in [6.07, 6.45) is 0. The SMILES string of the molecule is Oc1ccc(-c2cc(Cl)c(-c3ccc(O)c(Cl)c3)[se]2)cc1Cl. The average molecular weight is 419 g/mol. The van der Waals surface area contributed by atoms with Crippen LogP contribution in [0.5, 0.6) is 11.5 Å². The molecule has 0 radical (unpaired) electrons. The van der Waals surface area contributed by atoms with Crippen LogP contribution in [0.15, 0.2) is 42.5 Å². The van der Waals surface area contributed by atoms with Crippen molar-refractivity contribution in [1.29, 1.82) is 0 Å². The summed E-state index contributed by atoms with van der Waals surface area (Å²) in [6.45, 7) is 0. The van der Waals surface area contributed by atoms with Crippen LogP contribution in [0.2, 0.25) is 15.1 Å². The molecule has 0 saturated heterocycles. The third kappa shape index (κ3) is 3.01. The van der Waals surface area contributed by atoms with Crippen LogP contribution < -0.4 is 0 Å². The third-order valence-corrected chi connectivity index (χ3v) is 6.87. The van der Waals surface area contributed by atoms with Crippen molar-refractivity contribution in [3.8, 4) is 31.5 Å². The molecule has 0 fully saturated rings. The molecule has 0 spiro atoms. The summed E-state index contributed by atoms with van der Waals surface area (Å²) in [7, 11) is 0. The van der Waals surface area contributed by atoms with E-state index in [-0.39, 0.29) is 26.0 Å². The Bertz CT molecular complexity index is 859. The zero-order valence-corrected chi connectivity index (χ0v) is 15.0. The summed E-state index contributed by atoms with van der Waals surface area (Å²) in [6, 6.07) is 12.1. The minimum absolute atomic E-state index is 0.0162. The van der Waals surface area contributed by atoms with Gasteiger partial charge in [-0.1, -0.05) is 0 Å². The Balaban J connectivity index is 2.06. The predicted octanol–water partition coefficient (Wildman–Crippen LogP) is 5.45. The van der Waals surface area contributed by atoms with E-state index in [9.17, 15) is 10.2 Å². The molecule has 1 heterocycles. The van der Waals surface area contributed by atoms with E-state index in [4.69, 9.17) is 34.8 Å². The van der Waals surface area contributed by atoms with Crippen LogP contribution in [-0.4, -0.2) is 24.7 Å². The van der Waals surface area contributed by atoms with Gasteiger partial charge in [0.1, 0.15) is 0 Å². The van der Waals surface area contributed by atoms with Gasteiger partial charge in [0.05, 0.1) is 0 Å². The van der Waals surface area contributed by atoms with Crippen LogP contribution >= 0.6 is 34.8 Å². The molecule has 2 N–H and O–H groups in total. The summed E-state index contributed by atoms with van der Waals surface area (Å²) >= 11 is 18.3. The van der Waals surface area contributed by atoms with Gasteiger partial charge in [0.15, 0.2) is 0 Å². The normalized spacial score (nSPS) is 10.9. The Labute approximate surface area is 148 Å². The van der Waals surface area contributed by atoms with Gasteiger partial charge in [-0.15, -0.1) is 0 Å². The maximum absolute atomic E-state index is 9.51. The standard InChI is InChI=1S/C16H9Cl3O2Se/c17-10-5-8(1-3-13(10)20)15-7-12(19)16(22-15)9-2-4-14(21)11(18)6-9/h1-7,20-21H. The van der Waals surface area contributed by atoms with Crippen molar-refractivity contribution in [3.63, 3.8) is 0 Å². The van der Waals surface area contributed by atoms with Crippen molar-refractivity contribution in [1.82, 2.24) is 0 Å². The molecule has 3 rings (SSSR count). The number of hydrogen-bond acceptors (Lipinski definition) is 2. The fraction of sp³-hybridized carbons (Fsp3) is 0. The van der Waals surface area contributed by atoms with E-state index >= 15 is 0 Å². The van der Waals surface area contributed by atoms with E-state index in [0.717, 1.165) is 20.0 Å². The molecule has 0 aliphatic carbocycles. The van der Waals surface area contributed by atoms with Gasteiger partial charge in [0.25, 0.3) is 0 Å². The quantitative estimate of drug-likeness (QED) is 0.544. The maximum atomic E-state index is 9.51. The van der Waals surface area contributed by atoms with E-state index in [1.165, 1.54) is 0 Å². The van der Waals surface area contributed by atoms with Crippen molar-refractivity contribution < 1.29 is 10.2 Å². The first-order chi connectivity index (χ1) is 10.5. The molecule has 0 atom stereocenters. The Kier molecular flexibility index (Phi) is 4.44. The minimum atomic E-state index is -0.0162. The second-order valence-corrected chi connectivity index (χ2v) is 8.05. The number of phenols is 2. The number of halogens is 3. The monoisotopic (exact) mass is 418 g/mol. The molecule has 0 bridgehead atoms. The molecule has 0 unspecified atom stereocenters. The van der Waals surface area contributed by atoms with Gasteiger partial charge < -0.3 is 0 Å². The fourth-order valence-corrected chi connectivity index (χ4v) is 5.13. The van der Waals surface area contributed by atoms with Crippen molar-refractivity contribution in [3.05, 3.63) is 57.5 Å². The summed E-state index contributed by atoms with van der Waals surface area (Å²) in [5.41, 5.74) is 1.82. The summed E-state index contributed by atoms with van der Waals surface area (Å²) in [5, 5.41) is 20.3. The van der Waals surface area contributed by atoms with Crippen molar-refractivity contribution in [2.24, 2.45) is 0 Å². The van der Waals surface area contributed by atoms with E-state index in [1.807, 2.05) is 12.1 Å². The number of hydrogen-bond donors (Lipinski definition) is 2. The third-order valence-electron chi connectivity index (χ3n) is 3.13. The van der Waals surface area contributed by atoms with Crippen molar-refractivity contribution >= 4 is 49.3 Å². The van der Waals surface area contributed by atoms with Crippen LogP contribution in [0, 0.1) is 0 Å². The van der Waals surface area contributed by atoms with Crippen LogP contribution in [0.4, 0.5) is 0 Å². The van der Waals surface area contributed by atoms with Gasteiger partial charge in [0, 0.05) is 0 Å². The molecular formula is C16H9Cl3O2Se. The average Bonchev–Trinajstić information content (AvgIpc) is 2.87. The first-order valence-electron chi connectivity index (χ1n) is 6.23. The molecule has 2 aromatic carbocycles. The van der Waals surface area contributed by atoms with Crippen molar-refractivity contribution in [2.45, 2.75) is 0 Å². The van der Waals surface area contributed by atoms with E-state index in [2.05, 4.69) is 0 Å². The molecule has 22 heavy (non-hydrogen) atoms. The molecule has 2 nitrogen and oxygen atoms in total. The van der Waals surface area contributed by atoms with Crippen LogP contribution in [-0.2, 0) is 0 Å². The Morgan fingerprint density at radius 1 is 0.682 bits per heavy atom. The molecule has 0 amide bonds. The Hall–Kier alpha value is -1.09. The van der Waals surface area contributed by atoms with E-state index in [0.29, 0.717) is 15.1 Å². The van der Waals surface area contributed by atoms with Gasteiger partial charge >= 0.3 is 149 Å². The molecule has 0 aliphatic heterocycles. The number of rotatable bonds is 2. The van der Waals surface area contributed by atoms with Gasteiger partial charge in [0.2, 0.25) is 0 Å². The van der Waals surface area contributed by atoms with Gasteiger partial charge in [-0.25, -0.2) is 0 Å². The molecule has 112 valence electrons. The fourth-order valence-electron chi connectivity index (χ4n) is 2.02. The molecule has 3 aromatic rings. The zero-order valence-electron chi connectivity index (χ0n) is 11.0. The van der Waals surface area contributed by atoms with E-state index in [1.54, 1.807) is 30.3 Å². The molecule has 0 aliphatic rings. The second-order valence-electron chi connectivity index (χ2n) is 4.62. The van der Waals surface area contributed by atoms with Crippen molar-refractivity contribution in [2.75, 3.05) is 0 Å². The Morgan fingerprint density at radius 2 is 1.23 bits per heavy atom. The van der Waals surface area contributed by atoms with Crippen LogP contribution in [0.3, 0.4) is 0 Å². The summed E-state index contributed by atoms with van der Waals surface area (Å²) < 4.78 is 2.06. The van der Waals surface area contributed by atoms with Crippen LogP contribution in [0.1, 0.15) is 0 Å². The zero-order chi connectivity index (χ0) is 15.9. The molecule has 1 aromatic heterocycles. The number of benzene rings is 2. The molecular weight excluding hydrogens is 409 g/mol. The summed E-state index contributed by atoms with van der Waals surface area (Å²) in [4.78, 5) is 0. The van der Waals surface area contributed by atoms with Gasteiger partial charge in [-0.05, 0) is 0 Å². The first-order valence-corrected chi connectivity index (χ1v) is 9.07. The van der Waals surface area contributed by atoms with E-state index < -0.39 is 0 Å².